The molecule has 0 aromatic heterocycles. The molecular formula is C18H22ClN3OS. The molecule has 6 heteroatoms. The van der Waals surface area contributed by atoms with Crippen LogP contribution in [0.15, 0.2) is 56.7 Å². The van der Waals surface area contributed by atoms with Crippen molar-refractivity contribution < 1.29 is 4.21 Å². The smallest absolute Gasteiger partial charge is 0.0910 e. The van der Waals surface area contributed by atoms with Crippen molar-refractivity contribution in [2.75, 3.05) is 19.8 Å². The van der Waals surface area contributed by atoms with Crippen molar-refractivity contribution in [2.45, 2.75) is 18.7 Å². The molecule has 0 heterocycles. The van der Waals surface area contributed by atoms with E-state index in [-0.39, 0.29) is 0 Å². The van der Waals surface area contributed by atoms with Gasteiger partial charge in [-0.15, -0.1) is 0 Å². The van der Waals surface area contributed by atoms with Gasteiger partial charge in [-0.25, -0.2) is 9.20 Å². The van der Waals surface area contributed by atoms with Crippen LogP contribution in [-0.4, -0.2) is 35.3 Å². The average Bonchev–Trinajstić information content (AvgIpc) is 2.55. The molecule has 0 saturated heterocycles. The Hall–Kier alpha value is -1.85. The molecule has 0 spiro atoms. The Balaban J connectivity index is 2.45. The quantitative estimate of drug-likeness (QED) is 0.551. The molecule has 0 aliphatic carbocycles. The highest BCUT2D eigenvalue weighted by Gasteiger charge is 2.13. The normalized spacial score (nSPS) is 13.7. The van der Waals surface area contributed by atoms with E-state index in [4.69, 9.17) is 11.6 Å². The van der Waals surface area contributed by atoms with Crippen molar-refractivity contribution in [1.82, 2.24) is 4.90 Å². The predicted octanol–water partition coefficient (Wildman–Crippen LogP) is 5.05. The van der Waals surface area contributed by atoms with Crippen LogP contribution in [0.3, 0.4) is 0 Å². The summed E-state index contributed by atoms with van der Waals surface area (Å²) in [5, 5.41) is 0.467. The van der Waals surface area contributed by atoms with Gasteiger partial charge in [-0.05, 0) is 43.7 Å². The zero-order valence-corrected chi connectivity index (χ0v) is 15.9. The van der Waals surface area contributed by atoms with Gasteiger partial charge in [0, 0.05) is 19.8 Å². The lowest BCUT2D eigenvalue weighted by Crippen LogP contribution is -2.14. The van der Waals surface area contributed by atoms with Gasteiger partial charge < -0.3 is 4.90 Å². The second-order valence-electron chi connectivity index (χ2n) is 5.62. The molecule has 0 fully saturated rings. The summed E-state index contributed by atoms with van der Waals surface area (Å²) in [5.41, 5.74) is 2.21. The van der Waals surface area contributed by atoms with Gasteiger partial charge in [-0.2, -0.15) is 4.36 Å². The van der Waals surface area contributed by atoms with Crippen molar-refractivity contribution in [2.24, 2.45) is 9.36 Å². The highest BCUT2D eigenvalue weighted by Crippen LogP contribution is 2.32. The topological polar surface area (TPSA) is 45.0 Å². The summed E-state index contributed by atoms with van der Waals surface area (Å²) >= 11 is 6.34. The zero-order chi connectivity index (χ0) is 17.7. The maximum atomic E-state index is 13.1. The van der Waals surface area contributed by atoms with E-state index in [1.165, 1.54) is 0 Å². The Morgan fingerprint density at radius 3 is 2.54 bits per heavy atom. The van der Waals surface area contributed by atoms with Crippen LogP contribution >= 0.6 is 11.6 Å². The van der Waals surface area contributed by atoms with E-state index in [1.54, 1.807) is 18.7 Å². The molecule has 0 saturated carbocycles. The van der Waals surface area contributed by atoms with Gasteiger partial charge in [0.2, 0.25) is 0 Å². The highest BCUT2D eigenvalue weighted by atomic mass is 35.5. The molecule has 0 N–H and O–H groups in total. The number of hydrogen-bond donors (Lipinski definition) is 0. The van der Waals surface area contributed by atoms with Gasteiger partial charge in [0.25, 0.3) is 0 Å². The molecular weight excluding hydrogens is 342 g/mol. The number of halogens is 1. The van der Waals surface area contributed by atoms with Crippen LogP contribution < -0.4 is 0 Å². The third-order valence-electron chi connectivity index (χ3n) is 3.58. The highest BCUT2D eigenvalue weighted by molar-refractivity contribution is 7.93. The van der Waals surface area contributed by atoms with E-state index >= 15 is 0 Å². The van der Waals surface area contributed by atoms with E-state index < -0.39 is 9.73 Å². The van der Waals surface area contributed by atoms with Gasteiger partial charge >= 0.3 is 0 Å². The van der Waals surface area contributed by atoms with Crippen LogP contribution in [0.2, 0.25) is 5.02 Å². The fraction of sp³-hybridized carbons (Fsp3) is 0.278. The number of hydrogen-bond acceptors (Lipinski definition) is 3. The molecule has 0 amide bonds. The summed E-state index contributed by atoms with van der Waals surface area (Å²) in [5.74, 6) is 0. The monoisotopic (exact) mass is 363 g/mol. The molecule has 2 aromatic rings. The second-order valence-corrected chi connectivity index (χ2v) is 8.25. The molecule has 1 unspecified atom stereocenters. The van der Waals surface area contributed by atoms with E-state index in [9.17, 15) is 4.21 Å². The standard InChI is InChI=1S/C18H22ClN3OS/c1-5-22(3)13-20-17-11-14(2)18(12-16(17)19)24(4,23)21-15-9-7-6-8-10-15/h6-13H,5H2,1-4H3/b20-13+. The van der Waals surface area contributed by atoms with E-state index in [0.717, 1.165) is 12.1 Å². The van der Waals surface area contributed by atoms with E-state index in [0.29, 0.717) is 21.3 Å². The SMILES string of the molecule is CCN(C)/C=N/c1cc(C)c(S(C)(=O)=Nc2ccccc2)cc1Cl. The Labute approximate surface area is 149 Å². The first-order chi connectivity index (χ1) is 11.3. The van der Waals surface area contributed by atoms with Crippen LogP contribution in [0, 0.1) is 6.92 Å². The third kappa shape index (κ3) is 4.58. The van der Waals surface area contributed by atoms with Crippen molar-refractivity contribution in [3.63, 3.8) is 0 Å². The Morgan fingerprint density at radius 2 is 1.92 bits per heavy atom. The number of rotatable bonds is 5. The lowest BCUT2D eigenvalue weighted by Gasteiger charge is -2.12. The summed E-state index contributed by atoms with van der Waals surface area (Å²) in [6.45, 7) is 4.80. The largest absolute Gasteiger partial charge is 0.366 e. The lowest BCUT2D eigenvalue weighted by molar-refractivity contribution is 0.552. The van der Waals surface area contributed by atoms with Crippen molar-refractivity contribution >= 4 is 39.0 Å². The van der Waals surface area contributed by atoms with E-state index in [2.05, 4.69) is 9.36 Å². The number of benzene rings is 2. The summed E-state index contributed by atoms with van der Waals surface area (Å²) in [4.78, 5) is 6.98. The minimum Gasteiger partial charge on any atom is -0.366 e. The van der Waals surface area contributed by atoms with Gasteiger partial charge in [-0.1, -0.05) is 29.8 Å². The molecule has 1 atom stereocenters. The molecule has 128 valence electrons. The summed E-state index contributed by atoms with van der Waals surface area (Å²) in [7, 11) is -0.650. The third-order valence-corrected chi connectivity index (χ3v) is 5.70. The molecule has 0 aliphatic rings. The molecule has 2 aromatic carbocycles. The van der Waals surface area contributed by atoms with Crippen LogP contribution in [0.1, 0.15) is 12.5 Å². The zero-order valence-electron chi connectivity index (χ0n) is 14.4. The molecule has 4 nitrogen and oxygen atoms in total. The first kappa shape index (κ1) is 18.5. The lowest BCUT2D eigenvalue weighted by atomic mass is 10.2. The van der Waals surface area contributed by atoms with Gasteiger partial charge in [0.1, 0.15) is 0 Å². The molecule has 0 bridgehead atoms. The summed E-state index contributed by atoms with van der Waals surface area (Å²) < 4.78 is 17.5. The molecule has 0 radical (unpaired) electrons. The first-order valence-electron chi connectivity index (χ1n) is 7.65. The Kier molecular flexibility index (Phi) is 6.02. The molecule has 2 rings (SSSR count). The van der Waals surface area contributed by atoms with Crippen LogP contribution in [-0.2, 0) is 9.73 Å². The fourth-order valence-electron chi connectivity index (χ4n) is 2.14. The second kappa shape index (κ2) is 7.81. The predicted molar refractivity (Wildman–Crippen MR) is 104 cm³/mol. The maximum absolute atomic E-state index is 13.1. The van der Waals surface area contributed by atoms with E-state index in [1.807, 2.05) is 62.2 Å². The molecule has 24 heavy (non-hydrogen) atoms. The van der Waals surface area contributed by atoms with Crippen molar-refractivity contribution in [3.8, 4) is 0 Å². The Bertz CT molecular complexity index is 856. The Morgan fingerprint density at radius 1 is 1.25 bits per heavy atom. The minimum atomic E-state index is -2.59. The fourth-order valence-corrected chi connectivity index (χ4v) is 4.03. The average molecular weight is 364 g/mol. The van der Waals surface area contributed by atoms with Crippen LogP contribution in [0.25, 0.3) is 0 Å². The summed E-state index contributed by atoms with van der Waals surface area (Å²) in [6, 6.07) is 12.9. The van der Waals surface area contributed by atoms with Gasteiger partial charge in [-0.3, -0.25) is 0 Å². The number of aliphatic imine (C=N–C) groups is 1. The minimum absolute atomic E-state index is 0.467. The van der Waals surface area contributed by atoms with Gasteiger partial charge in [0.05, 0.1) is 37.4 Å². The maximum Gasteiger partial charge on any atom is 0.0910 e. The van der Waals surface area contributed by atoms with Crippen molar-refractivity contribution in [3.05, 3.63) is 53.1 Å². The van der Waals surface area contributed by atoms with Crippen LogP contribution in [0.4, 0.5) is 11.4 Å². The van der Waals surface area contributed by atoms with Crippen molar-refractivity contribution in [1.29, 1.82) is 0 Å². The van der Waals surface area contributed by atoms with Crippen LogP contribution in [0.5, 0.6) is 0 Å². The number of aryl methyl sites for hydroxylation is 1. The molecule has 0 aliphatic heterocycles. The number of nitrogens with zero attached hydrogens (tertiary/aromatic N) is 3. The summed E-state index contributed by atoms with van der Waals surface area (Å²) in [6.07, 6.45) is 3.37. The first-order valence-corrected chi connectivity index (χ1v) is 9.95. The van der Waals surface area contributed by atoms with Gasteiger partial charge in [0.15, 0.2) is 0 Å².